The van der Waals surface area contributed by atoms with Crippen LogP contribution in [-0.2, 0) is 45.2 Å². The standard InChI is InChI=1S/C49H56N4O7/c1-57-45-26-37-24-25-53(30-39(37)27-46(45)58-2)31-40-28-44(35-18-16-33(32-54)17-19-35)60-49(59-40)36-22-20-34(21-23-36)41-11-7-6-10-38(41)29-51-47(55)14-4-3-5-15-48(56)52-43-13-9-8-12-42(43)50/h6-13,16-23,26-27,40,44,49,54H,3-5,14-15,24-25,28-32,50H2,1-2H3,(H,51,55)(H,52,56). The van der Waals surface area contributed by atoms with E-state index in [0.717, 1.165) is 77.4 Å². The number of carbonyl (C=O) groups is 2. The Bertz CT molecular complexity index is 2210. The van der Waals surface area contributed by atoms with Crippen LogP contribution < -0.4 is 25.8 Å². The van der Waals surface area contributed by atoms with Crippen LogP contribution >= 0.6 is 0 Å². The zero-order valence-corrected chi connectivity index (χ0v) is 34.5. The van der Waals surface area contributed by atoms with E-state index >= 15 is 0 Å². The molecule has 1 fully saturated rings. The molecule has 60 heavy (non-hydrogen) atoms. The van der Waals surface area contributed by atoms with E-state index in [4.69, 9.17) is 24.7 Å². The summed E-state index contributed by atoms with van der Waals surface area (Å²) in [5.74, 6) is 1.39. The highest BCUT2D eigenvalue weighted by molar-refractivity contribution is 5.93. The van der Waals surface area contributed by atoms with Crippen molar-refractivity contribution in [3.05, 3.63) is 143 Å². The molecule has 11 nitrogen and oxygen atoms in total. The normalized spacial score (nSPS) is 17.7. The third-order valence-electron chi connectivity index (χ3n) is 11.4. The SMILES string of the molecule is COc1cc2c(cc1OC)CN(CC1CC(c3ccc(CO)cc3)OC(c3ccc(-c4ccccc4CNC(=O)CCCCCC(=O)Nc4ccccc4N)cc3)O1)CC2. The second kappa shape index (κ2) is 20.5. The van der Waals surface area contributed by atoms with Crippen molar-refractivity contribution in [2.45, 2.75) is 83.1 Å². The second-order valence-electron chi connectivity index (χ2n) is 15.6. The Labute approximate surface area is 352 Å². The van der Waals surface area contributed by atoms with Crippen molar-refractivity contribution in [1.29, 1.82) is 0 Å². The third-order valence-corrected chi connectivity index (χ3v) is 11.4. The van der Waals surface area contributed by atoms with E-state index in [0.29, 0.717) is 50.0 Å². The average Bonchev–Trinajstić information content (AvgIpc) is 3.28. The maximum atomic E-state index is 12.8. The lowest BCUT2D eigenvalue weighted by molar-refractivity contribution is -0.253. The summed E-state index contributed by atoms with van der Waals surface area (Å²) in [6, 6.07) is 35.8. The Morgan fingerprint density at radius 1 is 0.800 bits per heavy atom. The van der Waals surface area contributed by atoms with Gasteiger partial charge in [0, 0.05) is 51.0 Å². The van der Waals surface area contributed by atoms with Gasteiger partial charge in [-0.15, -0.1) is 0 Å². The topological polar surface area (TPSA) is 145 Å². The molecule has 5 N–H and O–H groups in total. The van der Waals surface area contributed by atoms with Crippen molar-refractivity contribution >= 4 is 23.2 Å². The molecule has 0 radical (unpaired) electrons. The quantitative estimate of drug-likeness (QED) is 0.0539. The van der Waals surface area contributed by atoms with Crippen LogP contribution in [0.15, 0.2) is 109 Å². The molecule has 7 rings (SSSR count). The van der Waals surface area contributed by atoms with Crippen LogP contribution in [0.1, 0.15) is 84.3 Å². The Morgan fingerprint density at radius 3 is 2.22 bits per heavy atom. The van der Waals surface area contributed by atoms with Gasteiger partial charge in [-0.25, -0.2) is 0 Å². The summed E-state index contributed by atoms with van der Waals surface area (Å²) >= 11 is 0. The van der Waals surface area contributed by atoms with Gasteiger partial charge in [-0.2, -0.15) is 0 Å². The smallest absolute Gasteiger partial charge is 0.224 e. The first kappa shape index (κ1) is 42.4. The van der Waals surface area contributed by atoms with Gasteiger partial charge in [0.05, 0.1) is 44.4 Å². The molecule has 2 aliphatic rings. The van der Waals surface area contributed by atoms with E-state index < -0.39 is 6.29 Å². The number of aliphatic hydroxyl groups is 1. The van der Waals surface area contributed by atoms with Crippen molar-refractivity contribution in [1.82, 2.24) is 10.2 Å². The lowest BCUT2D eigenvalue weighted by Gasteiger charge is -2.39. The van der Waals surface area contributed by atoms with Crippen LogP contribution in [0.5, 0.6) is 11.5 Å². The Hall–Kier alpha value is -5.72. The molecule has 0 saturated carbocycles. The van der Waals surface area contributed by atoms with Crippen molar-refractivity contribution in [3.63, 3.8) is 0 Å². The number of hydrogen-bond acceptors (Lipinski definition) is 9. The molecule has 0 aromatic heterocycles. The molecule has 5 aromatic carbocycles. The van der Waals surface area contributed by atoms with E-state index in [-0.39, 0.29) is 30.6 Å². The number of anilines is 2. The highest BCUT2D eigenvalue weighted by atomic mass is 16.7. The third kappa shape index (κ3) is 10.9. The fourth-order valence-corrected chi connectivity index (χ4v) is 8.05. The number of fused-ring (bicyclic) bond motifs is 1. The van der Waals surface area contributed by atoms with Crippen LogP contribution in [0.3, 0.4) is 0 Å². The van der Waals surface area contributed by atoms with Crippen molar-refractivity contribution in [3.8, 4) is 22.6 Å². The number of aliphatic hydroxyl groups excluding tert-OH is 1. The predicted octanol–water partition coefficient (Wildman–Crippen LogP) is 8.25. The van der Waals surface area contributed by atoms with Gasteiger partial charge < -0.3 is 40.4 Å². The van der Waals surface area contributed by atoms with Gasteiger partial charge in [0.2, 0.25) is 11.8 Å². The van der Waals surface area contributed by atoms with Gasteiger partial charge in [0.1, 0.15) is 0 Å². The number of methoxy groups -OCH3 is 2. The summed E-state index contributed by atoms with van der Waals surface area (Å²) in [5.41, 5.74) is 15.5. The summed E-state index contributed by atoms with van der Waals surface area (Å²) in [4.78, 5) is 27.6. The van der Waals surface area contributed by atoms with Crippen LogP contribution in [0, 0.1) is 0 Å². The highest BCUT2D eigenvalue weighted by Crippen LogP contribution is 2.40. The number of rotatable bonds is 17. The number of para-hydroxylation sites is 2. The van der Waals surface area contributed by atoms with Gasteiger partial charge in [0.25, 0.3) is 0 Å². The minimum absolute atomic E-state index is 0.00926. The van der Waals surface area contributed by atoms with E-state index in [2.05, 4.69) is 58.0 Å². The molecule has 1 saturated heterocycles. The summed E-state index contributed by atoms with van der Waals surface area (Å²) in [7, 11) is 3.34. The molecule has 11 heteroatoms. The maximum Gasteiger partial charge on any atom is 0.224 e. The molecule has 3 atom stereocenters. The number of unbranched alkanes of at least 4 members (excludes halogenated alkanes) is 2. The number of nitrogens with one attached hydrogen (secondary N) is 2. The van der Waals surface area contributed by atoms with Gasteiger partial charge in [-0.1, -0.05) is 91.3 Å². The zero-order chi connectivity index (χ0) is 41.8. The summed E-state index contributed by atoms with van der Waals surface area (Å²) in [5, 5.41) is 15.6. The fourth-order valence-electron chi connectivity index (χ4n) is 8.05. The van der Waals surface area contributed by atoms with E-state index in [9.17, 15) is 14.7 Å². The second-order valence-corrected chi connectivity index (χ2v) is 15.6. The number of benzene rings is 5. The number of carbonyl (C=O) groups excluding carboxylic acids is 2. The van der Waals surface area contributed by atoms with Gasteiger partial charge >= 0.3 is 0 Å². The van der Waals surface area contributed by atoms with Gasteiger partial charge in [-0.3, -0.25) is 14.5 Å². The first-order chi connectivity index (χ1) is 29.3. The molecule has 3 unspecified atom stereocenters. The largest absolute Gasteiger partial charge is 0.493 e. The van der Waals surface area contributed by atoms with Crippen molar-refractivity contribution in [2.75, 3.05) is 38.4 Å². The monoisotopic (exact) mass is 812 g/mol. The minimum Gasteiger partial charge on any atom is -0.493 e. The minimum atomic E-state index is -0.576. The molecule has 5 aromatic rings. The summed E-state index contributed by atoms with van der Waals surface area (Å²) < 4.78 is 24.6. The zero-order valence-electron chi connectivity index (χ0n) is 34.5. The summed E-state index contributed by atoms with van der Waals surface area (Å²) in [6.45, 7) is 2.84. The first-order valence-electron chi connectivity index (χ1n) is 20.9. The Morgan fingerprint density at radius 2 is 1.48 bits per heavy atom. The Balaban J connectivity index is 0.958. The molecular formula is C49H56N4O7. The predicted molar refractivity (Wildman–Crippen MR) is 233 cm³/mol. The van der Waals surface area contributed by atoms with Gasteiger partial charge in [0.15, 0.2) is 17.8 Å². The molecule has 314 valence electrons. The number of nitrogens with two attached hydrogens (primary N) is 1. The number of ether oxygens (including phenoxy) is 4. The van der Waals surface area contributed by atoms with Gasteiger partial charge in [-0.05, 0) is 82.5 Å². The molecule has 2 heterocycles. The lowest BCUT2D eigenvalue weighted by Crippen LogP contribution is -2.41. The van der Waals surface area contributed by atoms with E-state index in [1.165, 1.54) is 11.1 Å². The van der Waals surface area contributed by atoms with Crippen LogP contribution in [0.2, 0.25) is 0 Å². The van der Waals surface area contributed by atoms with Crippen molar-refractivity contribution < 1.29 is 33.6 Å². The molecule has 0 bridgehead atoms. The van der Waals surface area contributed by atoms with Crippen LogP contribution in [-0.4, -0.2) is 55.2 Å². The molecule has 0 spiro atoms. The van der Waals surface area contributed by atoms with Crippen molar-refractivity contribution in [2.24, 2.45) is 0 Å². The van der Waals surface area contributed by atoms with Crippen LogP contribution in [0.4, 0.5) is 11.4 Å². The molecule has 2 amide bonds. The molecule has 2 aliphatic heterocycles. The fraction of sp³-hybridized carbons (Fsp3) is 0.347. The first-order valence-corrected chi connectivity index (χ1v) is 20.9. The number of hydrogen-bond donors (Lipinski definition) is 4. The lowest BCUT2D eigenvalue weighted by atomic mass is 9.96. The number of nitrogen functional groups attached to an aromatic ring is 1. The maximum absolute atomic E-state index is 12.8. The highest BCUT2D eigenvalue weighted by Gasteiger charge is 2.34. The number of nitrogens with zero attached hydrogens (tertiary/aromatic N) is 1. The van der Waals surface area contributed by atoms with E-state index in [1.54, 1.807) is 26.4 Å². The Kier molecular flexibility index (Phi) is 14.5. The summed E-state index contributed by atoms with van der Waals surface area (Å²) in [6.07, 6.45) is 3.71. The average molecular weight is 813 g/mol. The number of amides is 2. The van der Waals surface area contributed by atoms with Crippen LogP contribution in [0.25, 0.3) is 11.1 Å². The molecular weight excluding hydrogens is 757 g/mol. The molecule has 0 aliphatic carbocycles. The van der Waals surface area contributed by atoms with E-state index in [1.807, 2.05) is 54.6 Å².